The number of para-hydroxylation sites is 1. The van der Waals surface area contributed by atoms with Crippen molar-refractivity contribution in [1.82, 2.24) is 8.87 Å². The molecule has 0 bridgehead atoms. The summed E-state index contributed by atoms with van der Waals surface area (Å²) in [5, 5.41) is 2.55. The summed E-state index contributed by atoms with van der Waals surface area (Å²) in [4.78, 5) is 5.71. The van der Waals surface area contributed by atoms with Crippen molar-refractivity contribution in [3.8, 4) is 11.3 Å². The largest absolute Gasteiger partial charge is 0.320 e. The Labute approximate surface area is 168 Å². The van der Waals surface area contributed by atoms with E-state index < -0.39 is 10.0 Å². The normalized spacial score (nSPS) is 12.7. The molecule has 0 saturated carbocycles. The minimum atomic E-state index is -3.51. The lowest BCUT2D eigenvalue weighted by atomic mass is 10.1. The molecule has 5 nitrogen and oxygen atoms in total. The number of sulfonamides is 1. The molecule has 0 aliphatic heterocycles. The van der Waals surface area contributed by atoms with E-state index in [-0.39, 0.29) is 0 Å². The van der Waals surface area contributed by atoms with E-state index >= 15 is 0 Å². The molecule has 0 unspecified atom stereocenters. The second kappa shape index (κ2) is 7.59. The monoisotopic (exact) mass is 421 g/mol. The van der Waals surface area contributed by atoms with Crippen LogP contribution in [0.2, 0.25) is 5.02 Å². The molecule has 0 radical (unpaired) electrons. The van der Waals surface area contributed by atoms with Crippen molar-refractivity contribution < 1.29 is 8.42 Å². The lowest BCUT2D eigenvalue weighted by molar-refractivity contribution is 0.520. The molecule has 0 aliphatic rings. The summed E-state index contributed by atoms with van der Waals surface area (Å²) in [7, 11) is 1.46. The first-order valence-electron chi connectivity index (χ1n) is 8.19. The van der Waals surface area contributed by atoms with Crippen molar-refractivity contribution in [2.24, 2.45) is 12.0 Å². The zero-order valence-electron chi connectivity index (χ0n) is 15.5. The third-order valence-corrected chi connectivity index (χ3v) is 7.43. The van der Waals surface area contributed by atoms with E-state index in [4.69, 9.17) is 11.6 Å². The van der Waals surface area contributed by atoms with Gasteiger partial charge in [-0.25, -0.2) is 17.7 Å². The zero-order valence-corrected chi connectivity index (χ0v) is 17.9. The molecule has 0 amide bonds. The van der Waals surface area contributed by atoms with Crippen molar-refractivity contribution in [1.29, 1.82) is 0 Å². The van der Waals surface area contributed by atoms with E-state index in [1.54, 1.807) is 19.1 Å². The number of aryl methyl sites for hydroxylation is 1. The maximum atomic E-state index is 12.6. The molecule has 0 fully saturated rings. The van der Waals surface area contributed by atoms with Crippen LogP contribution in [-0.2, 0) is 17.1 Å². The molecule has 0 aliphatic carbocycles. The van der Waals surface area contributed by atoms with Gasteiger partial charge in [-0.15, -0.1) is 11.3 Å². The Morgan fingerprint density at radius 2 is 1.85 bits per heavy atom. The second-order valence-corrected chi connectivity index (χ2v) is 9.66. The first kappa shape index (κ1) is 19.8. The lowest BCUT2D eigenvalue weighted by Crippen LogP contribution is -2.23. The Morgan fingerprint density at radius 3 is 2.52 bits per heavy atom. The Balaban J connectivity index is 2.12. The molecule has 0 N–H and O–H groups in total. The van der Waals surface area contributed by atoms with E-state index in [1.807, 2.05) is 47.3 Å². The van der Waals surface area contributed by atoms with E-state index in [9.17, 15) is 8.42 Å². The van der Waals surface area contributed by atoms with Crippen LogP contribution in [0.25, 0.3) is 11.3 Å². The van der Waals surface area contributed by atoms with Crippen LogP contribution in [0, 0.1) is 6.92 Å². The van der Waals surface area contributed by atoms with Crippen LogP contribution in [-0.4, -0.2) is 31.4 Å². The van der Waals surface area contributed by atoms with Gasteiger partial charge in [0.25, 0.3) is 0 Å². The number of nitrogens with zero attached hydrogens (tertiary/aromatic N) is 3. The Hall–Kier alpha value is -1.93. The van der Waals surface area contributed by atoms with Gasteiger partial charge in [-0.05, 0) is 30.7 Å². The molecular formula is C19H20ClN3O2S2. The number of hydrogen-bond acceptors (Lipinski definition) is 4. The summed E-state index contributed by atoms with van der Waals surface area (Å²) in [6.07, 6.45) is 0. The number of thiazole rings is 1. The number of rotatable bonds is 4. The van der Waals surface area contributed by atoms with Crippen molar-refractivity contribution in [2.45, 2.75) is 11.8 Å². The molecule has 1 aromatic heterocycles. The molecule has 0 spiro atoms. The first-order valence-corrected chi connectivity index (χ1v) is 10.9. The fourth-order valence-corrected chi connectivity index (χ4v) is 4.85. The highest BCUT2D eigenvalue weighted by Crippen LogP contribution is 2.27. The fourth-order valence-electron chi connectivity index (χ4n) is 2.61. The molecule has 8 heteroatoms. The zero-order chi connectivity index (χ0) is 19.8. The Bertz CT molecular complexity index is 1160. The van der Waals surface area contributed by atoms with E-state index in [0.29, 0.717) is 21.2 Å². The van der Waals surface area contributed by atoms with Gasteiger partial charge in [-0.1, -0.05) is 35.9 Å². The van der Waals surface area contributed by atoms with E-state index in [1.165, 1.54) is 29.7 Å². The van der Waals surface area contributed by atoms with Gasteiger partial charge in [0, 0.05) is 32.1 Å². The average molecular weight is 422 g/mol. The molecule has 142 valence electrons. The van der Waals surface area contributed by atoms with Crippen LogP contribution in [0.4, 0.5) is 5.69 Å². The van der Waals surface area contributed by atoms with Gasteiger partial charge < -0.3 is 4.57 Å². The van der Waals surface area contributed by atoms with E-state index in [0.717, 1.165) is 16.1 Å². The quantitative estimate of drug-likeness (QED) is 0.634. The average Bonchev–Trinajstić information content (AvgIpc) is 2.98. The summed E-state index contributed by atoms with van der Waals surface area (Å²) >= 11 is 7.67. The van der Waals surface area contributed by atoms with Crippen LogP contribution in [0.15, 0.2) is 57.7 Å². The van der Waals surface area contributed by atoms with Crippen LogP contribution < -0.4 is 4.80 Å². The third-order valence-electron chi connectivity index (χ3n) is 4.24. The smallest absolute Gasteiger partial charge is 0.242 e. The molecule has 3 aromatic rings. The minimum absolute atomic E-state index is 0.306. The molecule has 1 heterocycles. The Kier molecular flexibility index (Phi) is 5.58. The maximum absolute atomic E-state index is 12.6. The number of benzene rings is 2. The molecule has 2 aromatic carbocycles. The summed E-state index contributed by atoms with van der Waals surface area (Å²) < 4.78 is 28.3. The SMILES string of the molecule is Cc1ccc(-c2csc(=Nc3ccccc3Cl)n2C)cc1S(=O)(=O)N(C)C. The number of hydrogen-bond donors (Lipinski definition) is 0. The van der Waals surface area contributed by atoms with Crippen LogP contribution in [0.5, 0.6) is 0 Å². The van der Waals surface area contributed by atoms with Crippen LogP contribution in [0.1, 0.15) is 5.56 Å². The number of halogens is 1. The van der Waals surface area contributed by atoms with Gasteiger partial charge in [0.1, 0.15) is 0 Å². The molecule has 0 atom stereocenters. The molecular weight excluding hydrogens is 402 g/mol. The first-order chi connectivity index (χ1) is 12.7. The summed E-state index contributed by atoms with van der Waals surface area (Å²) in [5.41, 5.74) is 3.12. The van der Waals surface area contributed by atoms with Crippen molar-refractivity contribution in [2.75, 3.05) is 14.1 Å². The predicted octanol–water partition coefficient (Wildman–Crippen LogP) is 4.20. The Morgan fingerprint density at radius 1 is 1.15 bits per heavy atom. The van der Waals surface area contributed by atoms with Crippen LogP contribution >= 0.6 is 22.9 Å². The summed E-state index contributed by atoms with van der Waals surface area (Å²) in [6, 6.07) is 12.9. The van der Waals surface area contributed by atoms with Gasteiger partial charge in [0.15, 0.2) is 4.80 Å². The number of aromatic nitrogens is 1. The van der Waals surface area contributed by atoms with Crippen molar-refractivity contribution in [3.05, 3.63) is 63.2 Å². The standard InChI is InChI=1S/C19H20ClN3O2S2/c1-13-9-10-14(11-18(13)27(24,25)22(2)3)17-12-26-19(23(17)4)21-16-8-6-5-7-15(16)20/h5-12H,1-4H3. The highest BCUT2D eigenvalue weighted by molar-refractivity contribution is 7.89. The van der Waals surface area contributed by atoms with Gasteiger partial charge in [0.05, 0.1) is 21.3 Å². The topological polar surface area (TPSA) is 54.7 Å². The molecule has 27 heavy (non-hydrogen) atoms. The van der Waals surface area contributed by atoms with Crippen molar-refractivity contribution >= 4 is 38.6 Å². The van der Waals surface area contributed by atoms with Gasteiger partial charge in [-0.2, -0.15) is 0 Å². The summed E-state index contributed by atoms with van der Waals surface area (Å²) in [5.74, 6) is 0. The molecule has 3 rings (SSSR count). The van der Waals surface area contributed by atoms with Crippen LogP contribution in [0.3, 0.4) is 0 Å². The van der Waals surface area contributed by atoms with E-state index in [2.05, 4.69) is 4.99 Å². The van der Waals surface area contributed by atoms with Gasteiger partial charge in [0.2, 0.25) is 10.0 Å². The fraction of sp³-hybridized carbons (Fsp3) is 0.211. The molecule has 0 saturated heterocycles. The second-order valence-electron chi connectivity index (χ2n) is 6.29. The predicted molar refractivity (Wildman–Crippen MR) is 111 cm³/mol. The van der Waals surface area contributed by atoms with Crippen molar-refractivity contribution in [3.63, 3.8) is 0 Å². The summed E-state index contributed by atoms with van der Waals surface area (Å²) in [6.45, 7) is 1.80. The highest BCUT2D eigenvalue weighted by atomic mass is 35.5. The minimum Gasteiger partial charge on any atom is -0.320 e. The van der Waals surface area contributed by atoms with Gasteiger partial charge >= 0.3 is 0 Å². The highest BCUT2D eigenvalue weighted by Gasteiger charge is 2.21. The lowest BCUT2D eigenvalue weighted by Gasteiger charge is -2.15. The maximum Gasteiger partial charge on any atom is 0.242 e. The van der Waals surface area contributed by atoms with Gasteiger partial charge in [-0.3, -0.25) is 0 Å². The third kappa shape index (κ3) is 3.87.